The van der Waals surface area contributed by atoms with E-state index < -0.39 is 6.67 Å². The fourth-order valence-corrected chi connectivity index (χ4v) is 0.382. The molecule has 0 aliphatic rings. The fraction of sp³-hybridized carbons (Fsp3) is 0.333. The number of aliphatic hydroxyl groups is 2. The first-order valence-electron chi connectivity index (χ1n) is 2.71. The van der Waals surface area contributed by atoms with Crippen molar-refractivity contribution in [1.82, 2.24) is 5.32 Å². The van der Waals surface area contributed by atoms with Crippen molar-refractivity contribution in [2.75, 3.05) is 13.4 Å². The number of rotatable bonds is 4. The minimum atomic E-state index is -0.752. The van der Waals surface area contributed by atoms with Gasteiger partial charge in [-0.15, -0.1) is 0 Å². The highest BCUT2D eigenvalue weighted by Crippen LogP contribution is 1.97. The zero-order valence-corrected chi connectivity index (χ0v) is 5.47. The van der Waals surface area contributed by atoms with Crippen LogP contribution in [-0.4, -0.2) is 23.6 Å². The second kappa shape index (κ2) is 4.81. The first-order chi connectivity index (χ1) is 4.72. The summed E-state index contributed by atoms with van der Waals surface area (Å²) in [5.74, 6) is -0.281. The van der Waals surface area contributed by atoms with Crippen molar-refractivity contribution in [2.24, 2.45) is 0 Å². The van der Waals surface area contributed by atoms with E-state index in [1.807, 2.05) is 0 Å². The number of nitrogens with one attached hydrogen (secondary N) is 1. The van der Waals surface area contributed by atoms with Gasteiger partial charge >= 0.3 is 0 Å². The Morgan fingerprint density at radius 3 is 2.70 bits per heavy atom. The molecule has 0 aromatic rings. The molecular formula is C6H10FNO2. The Morgan fingerprint density at radius 1 is 1.70 bits per heavy atom. The van der Waals surface area contributed by atoms with Gasteiger partial charge in [0.25, 0.3) is 0 Å². The summed E-state index contributed by atoms with van der Waals surface area (Å²) in [5, 5.41) is 19.4. The highest BCUT2D eigenvalue weighted by Gasteiger charge is 1.95. The van der Waals surface area contributed by atoms with Crippen molar-refractivity contribution in [1.29, 1.82) is 0 Å². The van der Waals surface area contributed by atoms with E-state index in [1.54, 1.807) is 0 Å². The smallest absolute Gasteiger partial charge is 0.136 e. The van der Waals surface area contributed by atoms with Crippen molar-refractivity contribution < 1.29 is 14.6 Å². The molecule has 0 bridgehead atoms. The number of hydrogen-bond donors (Lipinski definition) is 3. The topological polar surface area (TPSA) is 52.5 Å². The van der Waals surface area contributed by atoms with Crippen LogP contribution in [0.5, 0.6) is 0 Å². The minimum Gasteiger partial charge on any atom is -0.506 e. The van der Waals surface area contributed by atoms with Crippen molar-refractivity contribution in [2.45, 2.75) is 0 Å². The normalized spacial score (nSPS) is 11.2. The molecule has 3 N–H and O–H groups in total. The molecule has 0 radical (unpaired) electrons. The number of halogens is 1. The van der Waals surface area contributed by atoms with Crippen LogP contribution in [0.15, 0.2) is 24.1 Å². The Morgan fingerprint density at radius 2 is 2.30 bits per heavy atom. The van der Waals surface area contributed by atoms with Gasteiger partial charge in [0.2, 0.25) is 0 Å². The van der Waals surface area contributed by atoms with E-state index >= 15 is 0 Å². The monoisotopic (exact) mass is 147 g/mol. The van der Waals surface area contributed by atoms with Crippen molar-refractivity contribution in [3.05, 3.63) is 24.1 Å². The van der Waals surface area contributed by atoms with Crippen LogP contribution in [-0.2, 0) is 0 Å². The molecule has 4 heteroatoms. The number of aliphatic hydroxyl groups excluding tert-OH is 2. The average Bonchev–Trinajstić information content (AvgIpc) is 1.89. The summed E-state index contributed by atoms with van der Waals surface area (Å²) >= 11 is 0. The van der Waals surface area contributed by atoms with E-state index in [0.717, 1.165) is 6.08 Å². The summed E-state index contributed by atoms with van der Waals surface area (Å²) in [6.07, 6.45) is 0.949. The molecule has 0 rings (SSSR count). The van der Waals surface area contributed by atoms with E-state index in [9.17, 15) is 4.39 Å². The lowest BCUT2D eigenvalue weighted by molar-refractivity contribution is 0.269. The SMILES string of the molecule is C=C(NCO)/C(O)=C\CF. The molecule has 0 spiro atoms. The Balaban J connectivity index is 3.82. The summed E-state index contributed by atoms with van der Waals surface area (Å²) in [7, 11) is 0. The van der Waals surface area contributed by atoms with Gasteiger partial charge in [0.05, 0.1) is 5.70 Å². The Bertz CT molecular complexity index is 145. The molecule has 58 valence electrons. The van der Waals surface area contributed by atoms with Crippen LogP contribution >= 0.6 is 0 Å². The van der Waals surface area contributed by atoms with Crippen LogP contribution in [0, 0.1) is 0 Å². The maximum atomic E-state index is 11.5. The molecule has 0 unspecified atom stereocenters. The van der Waals surface area contributed by atoms with Gasteiger partial charge in [0, 0.05) is 0 Å². The van der Waals surface area contributed by atoms with E-state index in [-0.39, 0.29) is 18.2 Å². The Hall–Kier alpha value is -1.03. The average molecular weight is 147 g/mol. The van der Waals surface area contributed by atoms with Gasteiger partial charge in [-0.2, -0.15) is 0 Å². The molecule has 0 fully saturated rings. The zero-order valence-electron chi connectivity index (χ0n) is 5.47. The predicted molar refractivity (Wildman–Crippen MR) is 36.0 cm³/mol. The van der Waals surface area contributed by atoms with E-state index in [4.69, 9.17) is 10.2 Å². The number of alkyl halides is 1. The van der Waals surface area contributed by atoms with Crippen LogP contribution in [0.25, 0.3) is 0 Å². The lowest BCUT2D eigenvalue weighted by Gasteiger charge is -2.03. The van der Waals surface area contributed by atoms with Gasteiger partial charge in [0.15, 0.2) is 0 Å². The number of hydrogen-bond acceptors (Lipinski definition) is 3. The second-order valence-electron chi connectivity index (χ2n) is 1.56. The Kier molecular flexibility index (Phi) is 4.32. The second-order valence-corrected chi connectivity index (χ2v) is 1.56. The zero-order chi connectivity index (χ0) is 7.98. The van der Waals surface area contributed by atoms with Crippen molar-refractivity contribution in [3.63, 3.8) is 0 Å². The van der Waals surface area contributed by atoms with Crippen LogP contribution in [0.3, 0.4) is 0 Å². The Labute approximate surface area is 58.5 Å². The van der Waals surface area contributed by atoms with Gasteiger partial charge in [-0.1, -0.05) is 6.58 Å². The van der Waals surface area contributed by atoms with Crippen molar-refractivity contribution in [3.8, 4) is 0 Å². The van der Waals surface area contributed by atoms with Gasteiger partial charge in [0.1, 0.15) is 19.2 Å². The molecule has 0 atom stereocenters. The quantitative estimate of drug-likeness (QED) is 0.307. The highest BCUT2D eigenvalue weighted by atomic mass is 19.1. The predicted octanol–water partition coefficient (Wildman–Crippen LogP) is 0.451. The summed E-state index contributed by atoms with van der Waals surface area (Å²) < 4.78 is 11.5. The minimum absolute atomic E-state index is 0.111. The van der Waals surface area contributed by atoms with E-state index in [1.165, 1.54) is 0 Å². The molecule has 0 heterocycles. The van der Waals surface area contributed by atoms with E-state index in [0.29, 0.717) is 0 Å². The van der Waals surface area contributed by atoms with Gasteiger partial charge in [-0.25, -0.2) is 4.39 Å². The third-order valence-corrected chi connectivity index (χ3v) is 0.872. The van der Waals surface area contributed by atoms with Gasteiger partial charge in [-0.3, -0.25) is 0 Å². The number of allylic oxidation sites excluding steroid dienone is 1. The molecule has 10 heavy (non-hydrogen) atoms. The van der Waals surface area contributed by atoms with Gasteiger partial charge < -0.3 is 15.5 Å². The summed E-state index contributed by atoms with van der Waals surface area (Å²) in [6.45, 7) is 2.22. The van der Waals surface area contributed by atoms with Crippen molar-refractivity contribution >= 4 is 0 Å². The molecule has 3 nitrogen and oxygen atoms in total. The molecule has 0 aromatic heterocycles. The summed E-state index contributed by atoms with van der Waals surface area (Å²) in [4.78, 5) is 0. The lowest BCUT2D eigenvalue weighted by Crippen LogP contribution is -2.14. The summed E-state index contributed by atoms with van der Waals surface area (Å²) in [6, 6.07) is 0. The lowest BCUT2D eigenvalue weighted by atomic mass is 10.4. The third-order valence-electron chi connectivity index (χ3n) is 0.872. The van der Waals surface area contributed by atoms with Gasteiger partial charge in [-0.05, 0) is 6.08 Å². The molecule has 0 saturated carbocycles. The molecule has 0 amide bonds. The molecular weight excluding hydrogens is 137 g/mol. The third kappa shape index (κ3) is 3.09. The fourth-order valence-electron chi connectivity index (χ4n) is 0.382. The van der Waals surface area contributed by atoms with Crippen LogP contribution in [0.1, 0.15) is 0 Å². The maximum Gasteiger partial charge on any atom is 0.136 e. The van der Waals surface area contributed by atoms with E-state index in [2.05, 4.69) is 11.9 Å². The first-order valence-corrected chi connectivity index (χ1v) is 2.71. The first kappa shape index (κ1) is 8.97. The molecule has 0 aliphatic heterocycles. The molecule has 0 aromatic carbocycles. The maximum absolute atomic E-state index is 11.5. The largest absolute Gasteiger partial charge is 0.506 e. The van der Waals surface area contributed by atoms with Crippen LogP contribution in [0.4, 0.5) is 4.39 Å². The summed E-state index contributed by atoms with van der Waals surface area (Å²) in [5.41, 5.74) is 0.111. The highest BCUT2D eigenvalue weighted by molar-refractivity contribution is 5.18. The van der Waals surface area contributed by atoms with Crippen LogP contribution in [0.2, 0.25) is 0 Å². The molecule has 0 aliphatic carbocycles. The van der Waals surface area contributed by atoms with Crippen LogP contribution < -0.4 is 5.32 Å². The standard InChI is InChI=1S/C6H10FNO2/c1-5(8-4-9)6(10)2-3-7/h2,8-10H,1,3-4H2/b6-2+. The molecule has 0 saturated heterocycles.